The molecule has 100 valence electrons. The predicted octanol–water partition coefficient (Wildman–Crippen LogP) is 3.78. The van der Waals surface area contributed by atoms with Crippen molar-refractivity contribution in [2.75, 3.05) is 12.3 Å². The van der Waals surface area contributed by atoms with Crippen molar-refractivity contribution in [1.29, 1.82) is 0 Å². The number of nitrogen functional groups attached to an aromatic ring is 1. The third kappa shape index (κ3) is 2.61. The van der Waals surface area contributed by atoms with Crippen LogP contribution in [0.1, 0.15) is 18.4 Å². The monoisotopic (exact) mass is 322 g/mol. The van der Waals surface area contributed by atoms with Crippen LogP contribution in [-0.2, 0) is 0 Å². The van der Waals surface area contributed by atoms with E-state index < -0.39 is 0 Å². The van der Waals surface area contributed by atoms with Crippen molar-refractivity contribution in [3.63, 3.8) is 0 Å². The number of hydrogen-bond acceptors (Lipinski definition) is 4. The van der Waals surface area contributed by atoms with Crippen molar-refractivity contribution in [2.45, 2.75) is 19.8 Å². The lowest BCUT2D eigenvalue weighted by atomic mass is 10.0. The molecule has 0 aliphatic heterocycles. The number of nitrogens with two attached hydrogens (primary N) is 1. The zero-order valence-corrected chi connectivity index (χ0v) is 12.2. The van der Waals surface area contributed by atoms with Crippen LogP contribution in [-0.4, -0.2) is 11.8 Å². The summed E-state index contributed by atoms with van der Waals surface area (Å²) >= 11 is 3.56. The van der Waals surface area contributed by atoms with E-state index in [0.717, 1.165) is 33.5 Å². The van der Waals surface area contributed by atoms with Crippen molar-refractivity contribution in [3.8, 4) is 16.9 Å². The van der Waals surface area contributed by atoms with Gasteiger partial charge in [-0.25, -0.2) is 0 Å². The molecule has 4 nitrogen and oxygen atoms in total. The van der Waals surface area contributed by atoms with Gasteiger partial charge in [-0.15, -0.1) is 0 Å². The average Bonchev–Trinajstić information content (AvgIpc) is 3.08. The number of hydrogen-bond donors (Lipinski definition) is 1. The van der Waals surface area contributed by atoms with Crippen LogP contribution in [0.15, 0.2) is 27.3 Å². The van der Waals surface area contributed by atoms with E-state index in [0.29, 0.717) is 11.8 Å². The van der Waals surface area contributed by atoms with Crippen LogP contribution in [0.4, 0.5) is 5.88 Å². The third-order valence-electron chi connectivity index (χ3n) is 3.24. The van der Waals surface area contributed by atoms with Gasteiger partial charge in [-0.3, -0.25) is 0 Å². The minimum absolute atomic E-state index is 0.314. The Morgan fingerprint density at radius 3 is 2.84 bits per heavy atom. The highest BCUT2D eigenvalue weighted by atomic mass is 79.9. The van der Waals surface area contributed by atoms with Gasteiger partial charge < -0.3 is 15.0 Å². The van der Waals surface area contributed by atoms with Gasteiger partial charge in [-0.2, -0.15) is 0 Å². The molecule has 1 aliphatic carbocycles. The Kier molecular flexibility index (Phi) is 3.22. The van der Waals surface area contributed by atoms with Crippen LogP contribution in [0.5, 0.6) is 5.75 Å². The molecule has 2 aromatic rings. The van der Waals surface area contributed by atoms with Crippen LogP contribution in [0.2, 0.25) is 0 Å². The standard InChI is InChI=1S/C14H15BrN2O2/c1-8-4-10(11-6-17-19-14(11)16)13(12(15)5-8)18-7-9-2-3-9/h4-6,9H,2-3,7,16H2,1H3. The molecule has 1 heterocycles. The molecule has 0 amide bonds. The smallest absolute Gasteiger partial charge is 0.230 e. The molecule has 1 fully saturated rings. The predicted molar refractivity (Wildman–Crippen MR) is 77.0 cm³/mol. The normalized spacial score (nSPS) is 14.6. The molecule has 3 rings (SSSR count). The van der Waals surface area contributed by atoms with Crippen molar-refractivity contribution in [3.05, 3.63) is 28.4 Å². The lowest BCUT2D eigenvalue weighted by molar-refractivity contribution is 0.299. The van der Waals surface area contributed by atoms with Crippen LogP contribution in [0.3, 0.4) is 0 Å². The zero-order valence-electron chi connectivity index (χ0n) is 10.6. The second kappa shape index (κ2) is 4.89. The first-order chi connectivity index (χ1) is 9.15. The molecule has 5 heteroatoms. The number of aromatic nitrogens is 1. The molecular formula is C14H15BrN2O2. The highest BCUT2D eigenvalue weighted by molar-refractivity contribution is 9.10. The van der Waals surface area contributed by atoms with Gasteiger partial charge in [0, 0.05) is 5.56 Å². The van der Waals surface area contributed by atoms with Crippen LogP contribution in [0, 0.1) is 12.8 Å². The van der Waals surface area contributed by atoms with Gasteiger partial charge in [0.2, 0.25) is 5.88 Å². The van der Waals surface area contributed by atoms with E-state index in [2.05, 4.69) is 21.1 Å². The van der Waals surface area contributed by atoms with Crippen LogP contribution < -0.4 is 10.5 Å². The molecule has 0 unspecified atom stereocenters. The van der Waals surface area contributed by atoms with Crippen molar-refractivity contribution in [2.24, 2.45) is 5.92 Å². The molecule has 2 N–H and O–H groups in total. The molecule has 1 aromatic carbocycles. The summed E-state index contributed by atoms with van der Waals surface area (Å²) in [6, 6.07) is 4.07. The molecule has 0 saturated heterocycles. The highest BCUT2D eigenvalue weighted by Gasteiger charge is 2.24. The summed E-state index contributed by atoms with van der Waals surface area (Å²) in [6.07, 6.45) is 4.14. The number of anilines is 1. The summed E-state index contributed by atoms with van der Waals surface area (Å²) in [7, 11) is 0. The lowest BCUT2D eigenvalue weighted by Crippen LogP contribution is -2.02. The summed E-state index contributed by atoms with van der Waals surface area (Å²) < 4.78 is 11.8. The maximum atomic E-state index is 5.95. The number of benzene rings is 1. The summed E-state index contributed by atoms with van der Waals surface area (Å²) in [5.41, 5.74) is 8.63. The third-order valence-corrected chi connectivity index (χ3v) is 3.83. The van der Waals surface area contributed by atoms with Crippen molar-refractivity contribution in [1.82, 2.24) is 5.16 Å². The SMILES string of the molecule is Cc1cc(Br)c(OCC2CC2)c(-c2cnoc2N)c1. The Bertz CT molecular complexity index is 605. The number of halogens is 1. The maximum Gasteiger partial charge on any atom is 0.230 e. The van der Waals surface area contributed by atoms with E-state index in [4.69, 9.17) is 15.0 Å². The van der Waals surface area contributed by atoms with Crippen LogP contribution in [0.25, 0.3) is 11.1 Å². The summed E-state index contributed by atoms with van der Waals surface area (Å²) in [5.74, 6) is 1.82. The Morgan fingerprint density at radius 2 is 2.21 bits per heavy atom. The van der Waals surface area contributed by atoms with Gasteiger partial charge in [0.1, 0.15) is 5.75 Å². The fourth-order valence-electron chi connectivity index (χ4n) is 2.01. The molecule has 1 aromatic heterocycles. The first-order valence-corrected chi connectivity index (χ1v) is 7.08. The zero-order chi connectivity index (χ0) is 13.4. The number of aryl methyl sites for hydroxylation is 1. The van der Waals surface area contributed by atoms with E-state index in [1.165, 1.54) is 12.8 Å². The first kappa shape index (κ1) is 12.5. The number of nitrogens with zero attached hydrogens (tertiary/aromatic N) is 1. The minimum atomic E-state index is 0.314. The van der Waals surface area contributed by atoms with Gasteiger partial charge in [-0.1, -0.05) is 5.16 Å². The van der Waals surface area contributed by atoms with Gasteiger partial charge in [0.25, 0.3) is 0 Å². The van der Waals surface area contributed by atoms with E-state index in [1.807, 2.05) is 19.1 Å². The fourth-order valence-corrected chi connectivity index (χ4v) is 2.70. The summed E-state index contributed by atoms with van der Waals surface area (Å²) in [5, 5.41) is 3.74. The minimum Gasteiger partial charge on any atom is -0.491 e. The van der Waals surface area contributed by atoms with Gasteiger partial charge in [0.05, 0.1) is 22.8 Å². The topological polar surface area (TPSA) is 61.3 Å². The number of rotatable bonds is 4. The average molecular weight is 323 g/mol. The summed E-state index contributed by atoms with van der Waals surface area (Å²) in [4.78, 5) is 0. The molecule has 1 aliphatic rings. The molecule has 0 atom stereocenters. The molecule has 19 heavy (non-hydrogen) atoms. The quantitative estimate of drug-likeness (QED) is 0.930. The highest BCUT2D eigenvalue weighted by Crippen LogP contribution is 2.41. The maximum absolute atomic E-state index is 5.95. The van der Waals surface area contributed by atoms with Crippen molar-refractivity contribution >= 4 is 21.8 Å². The Morgan fingerprint density at radius 1 is 1.42 bits per heavy atom. The first-order valence-electron chi connectivity index (χ1n) is 6.28. The second-order valence-electron chi connectivity index (χ2n) is 4.98. The number of ether oxygens (including phenoxy) is 1. The Hall–Kier alpha value is -1.49. The molecular weight excluding hydrogens is 308 g/mol. The fraction of sp³-hybridized carbons (Fsp3) is 0.357. The van der Waals surface area contributed by atoms with E-state index in [1.54, 1.807) is 6.20 Å². The molecule has 1 saturated carbocycles. The Labute approximate surface area is 120 Å². The molecule has 0 radical (unpaired) electrons. The van der Waals surface area contributed by atoms with Crippen LogP contribution >= 0.6 is 15.9 Å². The van der Waals surface area contributed by atoms with Gasteiger partial charge >= 0.3 is 0 Å². The van der Waals surface area contributed by atoms with E-state index in [-0.39, 0.29) is 0 Å². The van der Waals surface area contributed by atoms with Crippen molar-refractivity contribution < 1.29 is 9.26 Å². The lowest BCUT2D eigenvalue weighted by Gasteiger charge is -2.13. The van der Waals surface area contributed by atoms with Gasteiger partial charge in [0.15, 0.2) is 0 Å². The summed E-state index contributed by atoms with van der Waals surface area (Å²) in [6.45, 7) is 2.78. The van der Waals surface area contributed by atoms with E-state index in [9.17, 15) is 0 Å². The van der Waals surface area contributed by atoms with Gasteiger partial charge in [-0.05, 0) is 59.3 Å². The largest absolute Gasteiger partial charge is 0.491 e. The molecule has 0 spiro atoms. The molecule has 0 bridgehead atoms. The van der Waals surface area contributed by atoms with E-state index >= 15 is 0 Å². The Balaban J connectivity index is 2.02. The second-order valence-corrected chi connectivity index (χ2v) is 5.84.